The summed E-state index contributed by atoms with van der Waals surface area (Å²) < 4.78 is 0. The molecule has 86 valence electrons. The summed E-state index contributed by atoms with van der Waals surface area (Å²) in [5.41, 5.74) is 1.33. The minimum Gasteiger partial charge on any atom is -0.0808 e. The second-order valence-corrected chi connectivity index (χ2v) is 4.96. The summed E-state index contributed by atoms with van der Waals surface area (Å²) in [4.78, 5) is 0. The van der Waals surface area contributed by atoms with Crippen molar-refractivity contribution in [3.05, 3.63) is 42.0 Å². The predicted molar refractivity (Wildman–Crippen MR) is 71.2 cm³/mol. The summed E-state index contributed by atoms with van der Waals surface area (Å²) in [6.07, 6.45) is 11.7. The predicted octanol–water partition coefficient (Wildman–Crippen LogP) is 4.92. The molecule has 0 N–H and O–H groups in total. The van der Waals surface area contributed by atoms with Crippen molar-refractivity contribution in [1.82, 2.24) is 0 Å². The Morgan fingerprint density at radius 1 is 1.06 bits per heavy atom. The minimum absolute atomic E-state index is 0.822. The van der Waals surface area contributed by atoms with Crippen LogP contribution in [0.2, 0.25) is 0 Å². The molecule has 0 amide bonds. The van der Waals surface area contributed by atoms with Crippen molar-refractivity contribution in [3.63, 3.8) is 0 Å². The zero-order chi connectivity index (χ0) is 11.2. The molecule has 1 aliphatic rings. The number of rotatable bonds is 3. The van der Waals surface area contributed by atoms with E-state index in [0.717, 1.165) is 11.8 Å². The lowest BCUT2D eigenvalue weighted by Crippen LogP contribution is -2.11. The summed E-state index contributed by atoms with van der Waals surface area (Å²) in [5.74, 6) is 1.82. The average molecular weight is 214 g/mol. The maximum Gasteiger partial charge on any atom is -0.0230 e. The van der Waals surface area contributed by atoms with Crippen LogP contribution in [0.1, 0.15) is 44.6 Å². The van der Waals surface area contributed by atoms with Crippen molar-refractivity contribution in [2.45, 2.75) is 39.0 Å². The van der Waals surface area contributed by atoms with Gasteiger partial charge in [0, 0.05) is 0 Å². The number of allylic oxidation sites excluding steroid dienone is 1. The molecule has 0 radical (unpaired) electrons. The van der Waals surface area contributed by atoms with Crippen LogP contribution in [0.3, 0.4) is 0 Å². The van der Waals surface area contributed by atoms with E-state index in [1.54, 1.807) is 0 Å². The fourth-order valence-electron chi connectivity index (χ4n) is 2.60. The van der Waals surface area contributed by atoms with E-state index >= 15 is 0 Å². The third kappa shape index (κ3) is 3.23. The van der Waals surface area contributed by atoms with Gasteiger partial charge in [-0.15, -0.1) is 0 Å². The molecule has 0 unspecified atom stereocenters. The van der Waals surface area contributed by atoms with Gasteiger partial charge in [0.1, 0.15) is 0 Å². The molecule has 0 heterocycles. The minimum atomic E-state index is 0.822. The molecule has 16 heavy (non-hydrogen) atoms. The van der Waals surface area contributed by atoms with Gasteiger partial charge in [-0.2, -0.15) is 0 Å². The van der Waals surface area contributed by atoms with Crippen molar-refractivity contribution in [3.8, 4) is 0 Å². The molecule has 0 aliphatic heterocycles. The maximum absolute atomic E-state index is 2.42. The van der Waals surface area contributed by atoms with E-state index in [-0.39, 0.29) is 0 Å². The van der Waals surface area contributed by atoms with Crippen LogP contribution in [0.4, 0.5) is 0 Å². The first-order valence-corrected chi connectivity index (χ1v) is 6.61. The van der Waals surface area contributed by atoms with Crippen molar-refractivity contribution < 1.29 is 0 Å². The van der Waals surface area contributed by atoms with E-state index in [2.05, 4.69) is 49.4 Å². The molecule has 0 saturated heterocycles. The van der Waals surface area contributed by atoms with E-state index in [1.165, 1.54) is 37.7 Å². The molecule has 1 fully saturated rings. The maximum atomic E-state index is 2.42. The standard InChI is InChI=1S/C16H22/c1-2-14-8-10-16(11-9-14)13-12-15-6-4-3-5-7-15/h3-7,12-14,16H,2,8-11H2,1H3/b13-12+. The van der Waals surface area contributed by atoms with Crippen molar-refractivity contribution in [2.24, 2.45) is 11.8 Å². The molecule has 0 nitrogen and oxygen atoms in total. The lowest BCUT2D eigenvalue weighted by molar-refractivity contribution is 0.304. The Morgan fingerprint density at radius 2 is 1.75 bits per heavy atom. The first-order valence-electron chi connectivity index (χ1n) is 6.61. The van der Waals surface area contributed by atoms with Gasteiger partial charge in [0.05, 0.1) is 0 Å². The highest BCUT2D eigenvalue weighted by Crippen LogP contribution is 2.31. The van der Waals surface area contributed by atoms with E-state index in [0.29, 0.717) is 0 Å². The van der Waals surface area contributed by atoms with Crippen LogP contribution in [0.5, 0.6) is 0 Å². The van der Waals surface area contributed by atoms with Crippen molar-refractivity contribution in [1.29, 1.82) is 0 Å². The smallest absolute Gasteiger partial charge is 0.0230 e. The third-order valence-electron chi connectivity index (χ3n) is 3.83. The lowest BCUT2D eigenvalue weighted by atomic mass is 9.80. The summed E-state index contributed by atoms with van der Waals surface area (Å²) >= 11 is 0. The zero-order valence-corrected chi connectivity index (χ0v) is 10.2. The molecule has 1 aromatic carbocycles. The van der Waals surface area contributed by atoms with Crippen LogP contribution >= 0.6 is 0 Å². The van der Waals surface area contributed by atoms with Gasteiger partial charge in [-0.3, -0.25) is 0 Å². The molecule has 1 aliphatic carbocycles. The highest BCUT2D eigenvalue weighted by atomic mass is 14.2. The Kier molecular flexibility index (Phi) is 4.21. The number of hydrogen-bond acceptors (Lipinski definition) is 0. The van der Waals surface area contributed by atoms with Gasteiger partial charge in [0.2, 0.25) is 0 Å². The van der Waals surface area contributed by atoms with E-state index in [4.69, 9.17) is 0 Å². The first-order chi connectivity index (χ1) is 7.88. The van der Waals surface area contributed by atoms with E-state index < -0.39 is 0 Å². The first kappa shape index (κ1) is 11.4. The van der Waals surface area contributed by atoms with Gasteiger partial charge in [-0.25, -0.2) is 0 Å². The van der Waals surface area contributed by atoms with Crippen LogP contribution in [0.15, 0.2) is 36.4 Å². The van der Waals surface area contributed by atoms with Gasteiger partial charge in [-0.1, -0.05) is 55.8 Å². The normalized spacial score (nSPS) is 26.1. The molecular weight excluding hydrogens is 192 g/mol. The molecule has 0 heteroatoms. The van der Waals surface area contributed by atoms with Gasteiger partial charge >= 0.3 is 0 Å². The summed E-state index contributed by atoms with van der Waals surface area (Å²) in [5, 5.41) is 0. The van der Waals surface area contributed by atoms with Crippen LogP contribution in [-0.2, 0) is 0 Å². The van der Waals surface area contributed by atoms with Crippen LogP contribution < -0.4 is 0 Å². The lowest BCUT2D eigenvalue weighted by Gasteiger charge is -2.25. The molecule has 0 aromatic heterocycles. The second-order valence-electron chi connectivity index (χ2n) is 4.96. The van der Waals surface area contributed by atoms with E-state index in [9.17, 15) is 0 Å². The third-order valence-corrected chi connectivity index (χ3v) is 3.83. The zero-order valence-electron chi connectivity index (χ0n) is 10.2. The monoisotopic (exact) mass is 214 g/mol. The van der Waals surface area contributed by atoms with E-state index in [1.807, 2.05) is 0 Å². The molecule has 0 spiro atoms. The van der Waals surface area contributed by atoms with Crippen LogP contribution in [0.25, 0.3) is 6.08 Å². The number of hydrogen-bond donors (Lipinski definition) is 0. The van der Waals surface area contributed by atoms with Crippen LogP contribution in [-0.4, -0.2) is 0 Å². The Balaban J connectivity index is 1.85. The largest absolute Gasteiger partial charge is 0.0808 e. The highest BCUT2D eigenvalue weighted by Gasteiger charge is 2.17. The second kappa shape index (κ2) is 5.89. The van der Waals surface area contributed by atoms with Gasteiger partial charge < -0.3 is 0 Å². The molecule has 1 saturated carbocycles. The topological polar surface area (TPSA) is 0 Å². The quantitative estimate of drug-likeness (QED) is 0.670. The molecule has 1 aromatic rings. The van der Waals surface area contributed by atoms with Gasteiger partial charge in [-0.05, 0) is 43.1 Å². The molecule has 2 rings (SSSR count). The molecule has 0 atom stereocenters. The average Bonchev–Trinajstić information content (AvgIpc) is 2.38. The molecular formula is C16H22. The Hall–Kier alpha value is -1.04. The summed E-state index contributed by atoms with van der Waals surface area (Å²) in [6, 6.07) is 10.6. The fraction of sp³-hybridized carbons (Fsp3) is 0.500. The van der Waals surface area contributed by atoms with Gasteiger partial charge in [0.15, 0.2) is 0 Å². The Labute approximate surface area is 99.4 Å². The van der Waals surface area contributed by atoms with Crippen molar-refractivity contribution in [2.75, 3.05) is 0 Å². The summed E-state index contributed by atoms with van der Waals surface area (Å²) in [6.45, 7) is 2.32. The molecule has 0 bridgehead atoms. The van der Waals surface area contributed by atoms with Crippen molar-refractivity contribution >= 4 is 6.08 Å². The highest BCUT2D eigenvalue weighted by molar-refractivity contribution is 5.48. The van der Waals surface area contributed by atoms with Gasteiger partial charge in [0.25, 0.3) is 0 Å². The Morgan fingerprint density at radius 3 is 2.38 bits per heavy atom. The Bertz CT molecular complexity index is 315. The summed E-state index contributed by atoms with van der Waals surface area (Å²) in [7, 11) is 0. The fourth-order valence-corrected chi connectivity index (χ4v) is 2.60. The number of benzene rings is 1. The van der Waals surface area contributed by atoms with Crippen LogP contribution in [0, 0.1) is 11.8 Å². The SMILES string of the molecule is CCC1CCC(/C=C/c2ccccc2)CC1.